The fourth-order valence-corrected chi connectivity index (χ4v) is 3.48. The van der Waals surface area contributed by atoms with Gasteiger partial charge in [-0.15, -0.1) is 0 Å². The van der Waals surface area contributed by atoms with E-state index in [2.05, 4.69) is 32.0 Å². The average Bonchev–Trinajstić information content (AvgIpc) is 2.37. The van der Waals surface area contributed by atoms with E-state index >= 15 is 0 Å². The van der Waals surface area contributed by atoms with Crippen molar-refractivity contribution in [1.82, 2.24) is 0 Å². The Morgan fingerprint density at radius 1 is 1.16 bits per heavy atom. The topological polar surface area (TPSA) is 35.2 Å². The van der Waals surface area contributed by atoms with Crippen molar-refractivity contribution in [2.24, 2.45) is 11.1 Å². The van der Waals surface area contributed by atoms with Crippen molar-refractivity contribution < 1.29 is 4.74 Å². The molecule has 1 saturated heterocycles. The summed E-state index contributed by atoms with van der Waals surface area (Å²) < 4.78 is 5.57. The van der Waals surface area contributed by atoms with Crippen LogP contribution in [0.3, 0.4) is 0 Å². The highest BCUT2D eigenvalue weighted by Gasteiger charge is 2.51. The highest BCUT2D eigenvalue weighted by atomic mass is 16.5. The predicted molar refractivity (Wildman–Crippen MR) is 78.4 cm³/mol. The summed E-state index contributed by atoms with van der Waals surface area (Å²) in [5, 5.41) is 0. The summed E-state index contributed by atoms with van der Waals surface area (Å²) in [4.78, 5) is 0. The second-order valence-corrected chi connectivity index (χ2v) is 6.85. The number of aryl methyl sites for hydroxylation is 2. The minimum absolute atomic E-state index is 0.0914. The third kappa shape index (κ3) is 1.93. The zero-order valence-electron chi connectivity index (χ0n) is 12.2. The van der Waals surface area contributed by atoms with Gasteiger partial charge >= 0.3 is 0 Å². The molecule has 2 nitrogen and oxygen atoms in total. The van der Waals surface area contributed by atoms with Gasteiger partial charge < -0.3 is 10.5 Å². The molecule has 0 atom stereocenters. The molecule has 1 aliphatic heterocycles. The lowest BCUT2D eigenvalue weighted by Gasteiger charge is -2.52. The van der Waals surface area contributed by atoms with Crippen LogP contribution in [0.25, 0.3) is 0 Å². The molecule has 3 rings (SSSR count). The molecule has 0 amide bonds. The van der Waals surface area contributed by atoms with Crippen molar-refractivity contribution in [2.45, 2.75) is 44.9 Å². The third-order valence-corrected chi connectivity index (χ3v) is 5.40. The van der Waals surface area contributed by atoms with E-state index in [0.29, 0.717) is 6.54 Å². The van der Waals surface area contributed by atoms with Gasteiger partial charge in [0.25, 0.3) is 0 Å². The van der Waals surface area contributed by atoms with Gasteiger partial charge in [-0.2, -0.15) is 0 Å². The average molecular weight is 259 g/mol. The van der Waals surface area contributed by atoms with Gasteiger partial charge in [0.2, 0.25) is 0 Å². The maximum absolute atomic E-state index is 6.02. The van der Waals surface area contributed by atoms with Gasteiger partial charge in [0.05, 0.1) is 13.2 Å². The molecular weight excluding hydrogens is 234 g/mol. The Hall–Kier alpha value is -0.860. The quantitative estimate of drug-likeness (QED) is 0.906. The van der Waals surface area contributed by atoms with Crippen LogP contribution in [-0.4, -0.2) is 19.8 Å². The van der Waals surface area contributed by atoms with Gasteiger partial charge in [-0.05, 0) is 54.3 Å². The highest BCUT2D eigenvalue weighted by Crippen LogP contribution is 2.47. The largest absolute Gasteiger partial charge is 0.379 e. The van der Waals surface area contributed by atoms with E-state index < -0.39 is 0 Å². The fourth-order valence-electron chi connectivity index (χ4n) is 3.48. The van der Waals surface area contributed by atoms with Gasteiger partial charge in [-0.25, -0.2) is 0 Å². The van der Waals surface area contributed by atoms with E-state index in [4.69, 9.17) is 10.5 Å². The lowest BCUT2D eigenvalue weighted by atomic mass is 9.60. The van der Waals surface area contributed by atoms with Crippen LogP contribution in [0.15, 0.2) is 18.2 Å². The number of fused-ring (bicyclic) bond motifs is 1. The second kappa shape index (κ2) is 4.60. The number of rotatable bonds is 3. The second-order valence-electron chi connectivity index (χ2n) is 6.85. The lowest BCUT2D eigenvalue weighted by Crippen LogP contribution is -2.59. The molecule has 1 aromatic carbocycles. The van der Waals surface area contributed by atoms with Crippen LogP contribution < -0.4 is 5.73 Å². The summed E-state index contributed by atoms with van der Waals surface area (Å²) in [5.74, 6) is 0. The molecule has 0 spiro atoms. The van der Waals surface area contributed by atoms with Crippen molar-refractivity contribution in [3.05, 3.63) is 34.9 Å². The Bertz CT molecular complexity index is 474. The monoisotopic (exact) mass is 259 g/mol. The summed E-state index contributed by atoms with van der Waals surface area (Å²) in [6.45, 7) is 6.88. The summed E-state index contributed by atoms with van der Waals surface area (Å²) in [6, 6.07) is 7.11. The van der Waals surface area contributed by atoms with Crippen LogP contribution in [0, 0.1) is 5.41 Å². The Morgan fingerprint density at radius 3 is 2.42 bits per heavy atom. The maximum Gasteiger partial charge on any atom is 0.0591 e. The molecule has 19 heavy (non-hydrogen) atoms. The zero-order valence-corrected chi connectivity index (χ0v) is 12.2. The molecule has 2 aliphatic rings. The molecule has 1 aromatic rings. The van der Waals surface area contributed by atoms with Crippen LogP contribution in [0.5, 0.6) is 0 Å². The van der Waals surface area contributed by atoms with Gasteiger partial charge in [-0.3, -0.25) is 0 Å². The van der Waals surface area contributed by atoms with Crippen LogP contribution in [0.1, 0.15) is 43.4 Å². The third-order valence-electron chi connectivity index (χ3n) is 5.40. The summed E-state index contributed by atoms with van der Waals surface area (Å²) in [6.07, 6.45) is 5.16. The Balaban J connectivity index is 2.00. The van der Waals surface area contributed by atoms with Crippen molar-refractivity contribution in [2.75, 3.05) is 19.8 Å². The first-order chi connectivity index (χ1) is 9.09. The van der Waals surface area contributed by atoms with Gasteiger partial charge in [0.15, 0.2) is 0 Å². The first-order valence-electron chi connectivity index (χ1n) is 7.49. The number of benzene rings is 1. The van der Waals surface area contributed by atoms with Gasteiger partial charge in [-0.1, -0.05) is 32.0 Å². The van der Waals surface area contributed by atoms with E-state index in [-0.39, 0.29) is 10.8 Å². The zero-order chi connectivity index (χ0) is 13.5. The van der Waals surface area contributed by atoms with Gasteiger partial charge in [0, 0.05) is 5.41 Å². The molecule has 0 aromatic heterocycles. The molecule has 2 heteroatoms. The molecular formula is C17H25NO. The van der Waals surface area contributed by atoms with Crippen LogP contribution >= 0.6 is 0 Å². The number of ether oxygens (including phenoxy) is 1. The SMILES string of the molecule is CC(C)(CN)C1(c2ccc3c(c2)CCCC3)COC1. The molecule has 0 saturated carbocycles. The predicted octanol–water partition coefficient (Wildman–Crippen LogP) is 2.82. The van der Waals surface area contributed by atoms with Crippen LogP contribution in [-0.2, 0) is 23.0 Å². The molecule has 1 aliphatic carbocycles. The van der Waals surface area contributed by atoms with E-state index in [1.807, 2.05) is 0 Å². The smallest absolute Gasteiger partial charge is 0.0591 e. The van der Waals surface area contributed by atoms with Crippen molar-refractivity contribution in [3.63, 3.8) is 0 Å². The molecule has 2 N–H and O–H groups in total. The summed E-state index contributed by atoms with van der Waals surface area (Å²) in [7, 11) is 0. The van der Waals surface area contributed by atoms with E-state index in [1.54, 1.807) is 11.1 Å². The fraction of sp³-hybridized carbons (Fsp3) is 0.647. The molecule has 1 heterocycles. The molecule has 0 unspecified atom stereocenters. The normalized spacial score (nSPS) is 21.6. The summed E-state index contributed by atoms with van der Waals surface area (Å²) >= 11 is 0. The Morgan fingerprint density at radius 2 is 1.84 bits per heavy atom. The number of hydrogen-bond donors (Lipinski definition) is 1. The summed E-state index contributed by atoms with van der Waals surface area (Å²) in [5.41, 5.74) is 10.8. The van der Waals surface area contributed by atoms with Crippen LogP contribution in [0.2, 0.25) is 0 Å². The maximum atomic E-state index is 6.02. The first-order valence-corrected chi connectivity index (χ1v) is 7.49. The molecule has 1 fully saturated rings. The lowest BCUT2D eigenvalue weighted by molar-refractivity contribution is -0.116. The van der Waals surface area contributed by atoms with Crippen molar-refractivity contribution in [1.29, 1.82) is 0 Å². The van der Waals surface area contributed by atoms with Crippen LogP contribution in [0.4, 0.5) is 0 Å². The number of hydrogen-bond acceptors (Lipinski definition) is 2. The van der Waals surface area contributed by atoms with Gasteiger partial charge in [0.1, 0.15) is 0 Å². The number of nitrogens with two attached hydrogens (primary N) is 1. The molecule has 0 bridgehead atoms. The minimum atomic E-state index is 0.0914. The van der Waals surface area contributed by atoms with E-state index in [1.165, 1.54) is 31.2 Å². The van der Waals surface area contributed by atoms with Crippen molar-refractivity contribution >= 4 is 0 Å². The van der Waals surface area contributed by atoms with E-state index in [0.717, 1.165) is 13.2 Å². The Kier molecular flexibility index (Phi) is 3.18. The minimum Gasteiger partial charge on any atom is -0.379 e. The van der Waals surface area contributed by atoms with Crippen molar-refractivity contribution in [3.8, 4) is 0 Å². The standard InChI is InChI=1S/C17H25NO/c1-16(2,10-18)17(11-19-12-17)15-8-7-13-5-3-4-6-14(13)9-15/h7-9H,3-6,10-12,18H2,1-2H3. The Labute approximate surface area is 116 Å². The molecule has 0 radical (unpaired) electrons. The van der Waals surface area contributed by atoms with E-state index in [9.17, 15) is 0 Å². The highest BCUT2D eigenvalue weighted by molar-refractivity contribution is 5.40. The molecule has 104 valence electrons. The first kappa shape index (κ1) is 13.1.